The predicted molar refractivity (Wildman–Crippen MR) is 161 cm³/mol. The summed E-state index contributed by atoms with van der Waals surface area (Å²) in [6.07, 6.45) is 4.94. The van der Waals surface area contributed by atoms with E-state index in [9.17, 15) is 28.1 Å². The summed E-state index contributed by atoms with van der Waals surface area (Å²) in [6, 6.07) is 21.1. The molecule has 1 N–H and O–H groups in total. The lowest BCUT2D eigenvalue weighted by Gasteiger charge is -2.34. The Morgan fingerprint density at radius 1 is 1.00 bits per heavy atom. The molecule has 4 rings (SSSR count). The first-order valence-electron chi connectivity index (χ1n) is 13.9. The number of non-ortho nitro benzene ring substituents is 1. The molecule has 3 aromatic rings. The summed E-state index contributed by atoms with van der Waals surface area (Å²) in [5.74, 6) is -0.897. The number of carbonyl (C=O) groups excluding carboxylic acids is 2. The molecule has 3 aromatic carbocycles. The van der Waals surface area contributed by atoms with Gasteiger partial charge in [-0.1, -0.05) is 73.5 Å². The predicted octanol–water partition coefficient (Wildman–Crippen LogP) is 4.37. The Bertz CT molecular complexity index is 1520. The molecule has 1 saturated carbocycles. The fourth-order valence-electron chi connectivity index (χ4n) is 5.27. The van der Waals surface area contributed by atoms with Crippen molar-refractivity contribution in [3.05, 3.63) is 106 Å². The summed E-state index contributed by atoms with van der Waals surface area (Å²) >= 11 is 0. The van der Waals surface area contributed by atoms with E-state index in [0.717, 1.165) is 59.0 Å². The molecule has 1 aliphatic rings. The first kappa shape index (κ1) is 30.7. The van der Waals surface area contributed by atoms with Crippen LogP contribution in [0.3, 0.4) is 0 Å². The number of nitro benzene ring substituents is 1. The maximum Gasteiger partial charge on any atom is 0.271 e. The van der Waals surface area contributed by atoms with Crippen LogP contribution < -0.4 is 9.62 Å². The van der Waals surface area contributed by atoms with Crippen molar-refractivity contribution in [2.45, 2.75) is 57.7 Å². The van der Waals surface area contributed by atoms with Crippen LogP contribution in [0.15, 0.2) is 78.9 Å². The number of benzene rings is 3. The van der Waals surface area contributed by atoms with Gasteiger partial charge in [-0.15, -0.1) is 0 Å². The van der Waals surface area contributed by atoms with Crippen LogP contribution in [0.4, 0.5) is 11.4 Å². The number of nitro groups is 1. The van der Waals surface area contributed by atoms with E-state index in [2.05, 4.69) is 5.32 Å². The highest BCUT2D eigenvalue weighted by Crippen LogP contribution is 2.25. The molecule has 0 radical (unpaired) electrons. The highest BCUT2D eigenvalue weighted by atomic mass is 32.2. The minimum absolute atomic E-state index is 0.00842. The minimum Gasteiger partial charge on any atom is -0.352 e. The zero-order valence-corrected chi connectivity index (χ0v) is 24.6. The zero-order valence-electron chi connectivity index (χ0n) is 23.8. The van der Waals surface area contributed by atoms with Crippen molar-refractivity contribution in [2.75, 3.05) is 17.1 Å². The number of sulfonamides is 1. The number of anilines is 1. The van der Waals surface area contributed by atoms with Crippen LogP contribution in [0.2, 0.25) is 0 Å². The van der Waals surface area contributed by atoms with Gasteiger partial charge in [-0.3, -0.25) is 24.0 Å². The second-order valence-corrected chi connectivity index (χ2v) is 12.6. The van der Waals surface area contributed by atoms with Crippen molar-refractivity contribution in [1.29, 1.82) is 0 Å². The molecule has 1 fully saturated rings. The number of aryl methyl sites for hydroxylation is 1. The lowest BCUT2D eigenvalue weighted by molar-refractivity contribution is -0.384. The lowest BCUT2D eigenvalue weighted by Crippen LogP contribution is -2.54. The molecule has 0 spiro atoms. The number of rotatable bonds is 12. The van der Waals surface area contributed by atoms with Gasteiger partial charge in [0, 0.05) is 31.1 Å². The Morgan fingerprint density at radius 3 is 2.31 bits per heavy atom. The van der Waals surface area contributed by atoms with Crippen molar-refractivity contribution in [3.8, 4) is 0 Å². The van der Waals surface area contributed by atoms with Crippen LogP contribution in [0.5, 0.6) is 0 Å². The highest BCUT2D eigenvalue weighted by Gasteiger charge is 2.34. The summed E-state index contributed by atoms with van der Waals surface area (Å²) in [4.78, 5) is 40.3. The van der Waals surface area contributed by atoms with Gasteiger partial charge in [0.05, 0.1) is 16.9 Å². The highest BCUT2D eigenvalue weighted by molar-refractivity contribution is 7.92. The van der Waals surface area contributed by atoms with Crippen LogP contribution in [-0.2, 0) is 32.6 Å². The zero-order chi connectivity index (χ0) is 30.3. The number of hydrogen-bond acceptors (Lipinski definition) is 6. The number of nitrogens with zero attached hydrogens (tertiary/aromatic N) is 3. The average Bonchev–Trinajstić information content (AvgIpc) is 3.47. The molecule has 11 heteroatoms. The third kappa shape index (κ3) is 7.94. The van der Waals surface area contributed by atoms with Gasteiger partial charge < -0.3 is 10.2 Å². The van der Waals surface area contributed by atoms with Crippen LogP contribution in [-0.4, -0.2) is 54.9 Å². The Balaban J connectivity index is 1.74. The summed E-state index contributed by atoms with van der Waals surface area (Å²) in [6.45, 7) is 1.36. The summed E-state index contributed by atoms with van der Waals surface area (Å²) in [7, 11) is -4.03. The van der Waals surface area contributed by atoms with E-state index in [4.69, 9.17) is 0 Å². The fourth-order valence-corrected chi connectivity index (χ4v) is 6.11. The van der Waals surface area contributed by atoms with E-state index in [-0.39, 0.29) is 36.3 Å². The van der Waals surface area contributed by atoms with Crippen molar-refractivity contribution in [1.82, 2.24) is 10.2 Å². The number of amides is 2. The molecule has 222 valence electrons. The van der Waals surface area contributed by atoms with Gasteiger partial charge in [-0.2, -0.15) is 0 Å². The second-order valence-electron chi connectivity index (χ2n) is 10.7. The molecule has 42 heavy (non-hydrogen) atoms. The molecule has 1 atom stereocenters. The van der Waals surface area contributed by atoms with E-state index in [0.29, 0.717) is 0 Å². The Labute approximate surface area is 246 Å². The lowest BCUT2D eigenvalue weighted by atomic mass is 10.0. The monoisotopic (exact) mass is 592 g/mol. The number of carbonyl (C=O) groups is 2. The van der Waals surface area contributed by atoms with Crippen molar-refractivity contribution >= 4 is 33.2 Å². The standard InChI is InChI=1S/C31H36N4O6S/c1-23-11-6-7-14-25(23)21-33(29(19-24-12-4-3-5-13-24)31(37)32-26-15-8-9-16-26)30(36)22-34(42(2,40)41)27-17-10-18-28(20-27)35(38)39/h3-7,10-14,17-18,20,26,29H,8-9,15-16,19,21-22H2,1-2H3,(H,32,37)/t29-/m1/s1. The fraction of sp³-hybridized carbons (Fsp3) is 0.355. The Morgan fingerprint density at radius 2 is 1.67 bits per heavy atom. The molecular formula is C31H36N4O6S. The van der Waals surface area contributed by atoms with Crippen LogP contribution in [0.1, 0.15) is 42.4 Å². The minimum atomic E-state index is -4.03. The van der Waals surface area contributed by atoms with Crippen LogP contribution in [0, 0.1) is 17.0 Å². The summed E-state index contributed by atoms with van der Waals surface area (Å²) in [5, 5.41) is 14.5. The normalized spacial score (nSPS) is 14.2. The first-order valence-corrected chi connectivity index (χ1v) is 15.8. The number of nitrogens with one attached hydrogen (secondary N) is 1. The third-order valence-corrected chi connectivity index (χ3v) is 8.72. The summed E-state index contributed by atoms with van der Waals surface area (Å²) < 4.78 is 26.7. The van der Waals surface area contributed by atoms with E-state index < -0.39 is 33.4 Å². The maximum absolute atomic E-state index is 14.2. The van der Waals surface area contributed by atoms with E-state index >= 15 is 0 Å². The Hall–Kier alpha value is -4.25. The molecule has 0 saturated heterocycles. The molecule has 2 amide bonds. The Kier molecular flexibility index (Phi) is 9.95. The SMILES string of the molecule is Cc1ccccc1CN(C(=O)CN(c1cccc([N+](=O)[O-])c1)S(C)(=O)=O)[C@H](Cc1ccccc1)C(=O)NC1CCCC1. The van der Waals surface area contributed by atoms with Gasteiger partial charge in [0.25, 0.3) is 5.69 Å². The first-order chi connectivity index (χ1) is 20.0. The van der Waals surface area contributed by atoms with Crippen LogP contribution in [0.25, 0.3) is 0 Å². The maximum atomic E-state index is 14.2. The van der Waals surface area contributed by atoms with Gasteiger partial charge in [0.1, 0.15) is 12.6 Å². The molecule has 0 aromatic heterocycles. The van der Waals surface area contributed by atoms with Crippen molar-refractivity contribution in [3.63, 3.8) is 0 Å². The van der Waals surface area contributed by atoms with E-state index in [1.54, 1.807) is 0 Å². The molecule has 1 aliphatic carbocycles. The molecule has 0 aliphatic heterocycles. The van der Waals surface area contributed by atoms with Crippen molar-refractivity contribution < 1.29 is 22.9 Å². The molecule has 0 heterocycles. The molecular weight excluding hydrogens is 556 g/mol. The topological polar surface area (TPSA) is 130 Å². The number of hydrogen-bond donors (Lipinski definition) is 1. The van der Waals surface area contributed by atoms with E-state index in [1.807, 2.05) is 61.5 Å². The average molecular weight is 593 g/mol. The largest absolute Gasteiger partial charge is 0.352 e. The van der Waals surface area contributed by atoms with Crippen molar-refractivity contribution in [2.24, 2.45) is 0 Å². The molecule has 10 nitrogen and oxygen atoms in total. The van der Waals surface area contributed by atoms with Gasteiger partial charge >= 0.3 is 0 Å². The van der Waals surface area contributed by atoms with Crippen LogP contribution >= 0.6 is 0 Å². The molecule has 0 unspecified atom stereocenters. The van der Waals surface area contributed by atoms with E-state index in [1.165, 1.54) is 23.1 Å². The van der Waals surface area contributed by atoms with Gasteiger partial charge in [-0.25, -0.2) is 8.42 Å². The smallest absolute Gasteiger partial charge is 0.271 e. The second kappa shape index (κ2) is 13.6. The third-order valence-electron chi connectivity index (χ3n) is 7.58. The summed E-state index contributed by atoms with van der Waals surface area (Å²) in [5.41, 5.74) is 2.28. The quantitative estimate of drug-likeness (QED) is 0.246. The molecule has 0 bridgehead atoms. The van der Waals surface area contributed by atoms with Gasteiger partial charge in [-0.05, 0) is 42.5 Å². The van der Waals surface area contributed by atoms with Gasteiger partial charge in [0.2, 0.25) is 21.8 Å². The van der Waals surface area contributed by atoms with Gasteiger partial charge in [0.15, 0.2) is 0 Å².